The standard InChI is InChI=1S/C46H78N15O20PS/c1-60(2)82(78,61(3)4)81-38-36(71)37(80-44(38)77)30(63)23-79-35(70)17-14-32(65)55-26(11-15-33(66)67)40(73)58-28(12-16-34(68)69)42(75)59-29(18-21-83-5)43(76)57-27(10-13-31(47)64)41(74)56-25(9-7-20-53-46(50)51)39(72)54-24(22-62)8-6-19-52-45(48)49/h22,24-30,37,63,71H,6-21,23H2,1-5H3,(H2,47,64)(H,54,72)(H,55,65)(H,56,74)(H,57,76)(H,58,73)(H,59,75)(H,66,67)(H,68,69)(H4,48,49,52)(H4,50,51,53). The van der Waals surface area contributed by atoms with Crippen LogP contribution < -0.4 is 60.6 Å². The zero-order valence-corrected chi connectivity index (χ0v) is 48.3. The van der Waals surface area contributed by atoms with Gasteiger partial charge >= 0.3 is 31.5 Å². The van der Waals surface area contributed by atoms with E-state index >= 15 is 0 Å². The second-order valence-electron chi connectivity index (χ2n) is 18.7. The smallest absolute Gasteiger partial charge is 0.395 e. The Bertz CT molecular complexity index is 2430. The lowest BCUT2D eigenvalue weighted by Crippen LogP contribution is -2.59. The summed E-state index contributed by atoms with van der Waals surface area (Å²) < 4.78 is 30.7. The van der Waals surface area contributed by atoms with Gasteiger partial charge in [0.1, 0.15) is 49.2 Å². The maximum atomic E-state index is 14.1. The van der Waals surface area contributed by atoms with Crippen molar-refractivity contribution in [3.63, 3.8) is 0 Å². The highest BCUT2D eigenvalue weighted by atomic mass is 32.2. The summed E-state index contributed by atoms with van der Waals surface area (Å²) in [5, 5.41) is 54.5. The third-order valence-corrected chi connectivity index (χ3v) is 14.7. The summed E-state index contributed by atoms with van der Waals surface area (Å²) in [5.74, 6) is -14.6. The van der Waals surface area contributed by atoms with E-state index in [2.05, 4.69) is 41.9 Å². The number of rotatable bonds is 42. The molecular formula is C46H78N15O20PS. The van der Waals surface area contributed by atoms with Crippen molar-refractivity contribution in [2.24, 2.45) is 38.7 Å². The number of carboxylic acid groups (broad SMARTS) is 2. The van der Waals surface area contributed by atoms with E-state index in [1.165, 1.54) is 40.0 Å². The molecule has 0 spiro atoms. The lowest BCUT2D eigenvalue weighted by Gasteiger charge is -2.29. The van der Waals surface area contributed by atoms with Gasteiger partial charge in [-0.1, -0.05) is 0 Å². The average molecular weight is 1220 g/mol. The number of hydrogen-bond acceptors (Lipinski definition) is 21. The number of nitrogens with one attached hydrogen (secondary N) is 6. The Balaban J connectivity index is 3.32. The lowest BCUT2D eigenvalue weighted by molar-refractivity contribution is -0.155. The Morgan fingerprint density at radius 2 is 1.10 bits per heavy atom. The van der Waals surface area contributed by atoms with Gasteiger partial charge in [0.25, 0.3) is 5.76 Å². The Morgan fingerprint density at radius 3 is 1.53 bits per heavy atom. The van der Waals surface area contributed by atoms with Crippen molar-refractivity contribution >= 4 is 103 Å². The van der Waals surface area contributed by atoms with Gasteiger partial charge in [-0.2, -0.15) is 11.8 Å². The first-order valence-electron chi connectivity index (χ1n) is 25.6. The first kappa shape index (κ1) is 73.2. The van der Waals surface area contributed by atoms with Crippen molar-refractivity contribution in [1.29, 1.82) is 0 Å². The van der Waals surface area contributed by atoms with Gasteiger partial charge in [-0.3, -0.25) is 57.9 Å². The van der Waals surface area contributed by atoms with Crippen molar-refractivity contribution in [2.75, 3.05) is 59.9 Å². The molecule has 0 radical (unpaired) electrons. The van der Waals surface area contributed by atoms with E-state index in [1.807, 2.05) is 0 Å². The van der Waals surface area contributed by atoms with Crippen molar-refractivity contribution in [3.8, 4) is 0 Å². The number of aliphatic hydroxyl groups is 2. The van der Waals surface area contributed by atoms with Gasteiger partial charge in [-0.05, 0) is 91.6 Å². The fraction of sp³-hybridized carbons (Fsp3) is 0.652. The summed E-state index contributed by atoms with van der Waals surface area (Å²) in [5.41, 5.74) is 26.9. The monoisotopic (exact) mass is 1220 g/mol. The Labute approximate surface area is 481 Å². The highest BCUT2D eigenvalue weighted by molar-refractivity contribution is 7.98. The molecule has 0 bridgehead atoms. The number of amides is 7. The molecule has 0 saturated carbocycles. The van der Waals surface area contributed by atoms with Crippen molar-refractivity contribution in [1.82, 2.24) is 41.2 Å². The molecule has 1 aliphatic heterocycles. The molecule has 0 aromatic heterocycles. The zero-order valence-electron chi connectivity index (χ0n) is 46.6. The number of thioether (sulfide) groups is 1. The number of cyclic esters (lactones) is 1. The minimum absolute atomic E-state index is 0.00695. The number of carboxylic acids is 2. The Morgan fingerprint density at radius 1 is 0.663 bits per heavy atom. The molecule has 35 nitrogen and oxygen atoms in total. The third-order valence-electron chi connectivity index (χ3n) is 11.6. The van der Waals surface area contributed by atoms with E-state index in [0.717, 1.165) is 9.34 Å². The molecule has 0 aliphatic carbocycles. The second kappa shape index (κ2) is 37.3. The van der Waals surface area contributed by atoms with Crippen molar-refractivity contribution in [3.05, 3.63) is 11.5 Å². The third kappa shape index (κ3) is 27.7. The topological polar surface area (TPSA) is 564 Å². The molecule has 0 aromatic rings. The highest BCUT2D eigenvalue weighted by Gasteiger charge is 2.45. The molecule has 37 heteroatoms. The van der Waals surface area contributed by atoms with Gasteiger partial charge < -0.3 is 99.8 Å². The van der Waals surface area contributed by atoms with Crippen LogP contribution in [-0.2, 0) is 76.1 Å². The summed E-state index contributed by atoms with van der Waals surface area (Å²) in [7, 11) is 1.61. The molecule has 1 heterocycles. The van der Waals surface area contributed by atoms with Gasteiger partial charge in [0.05, 0.1) is 12.5 Å². The number of aliphatic imine (C=N–C) groups is 2. The summed E-state index contributed by atoms with van der Waals surface area (Å²) >= 11 is 1.22. The normalized spacial score (nSPS) is 15.6. The number of ether oxygens (including phenoxy) is 2. The minimum Gasteiger partial charge on any atom is -0.505 e. The molecular weight excluding hydrogens is 1150 g/mol. The summed E-state index contributed by atoms with van der Waals surface area (Å²) in [6.45, 7) is -0.773. The fourth-order valence-corrected chi connectivity index (χ4v) is 9.15. The van der Waals surface area contributed by atoms with Crippen molar-refractivity contribution < 1.29 is 96.5 Å². The van der Waals surface area contributed by atoms with Crippen LogP contribution in [-0.4, -0.2) is 222 Å². The zero-order chi connectivity index (χ0) is 63.1. The number of aliphatic carboxylic acids is 2. The number of nitrogens with two attached hydrogens (primary N) is 5. The number of aldehydes is 1. The van der Waals surface area contributed by atoms with Crippen molar-refractivity contribution in [2.45, 2.75) is 132 Å². The van der Waals surface area contributed by atoms with Crippen LogP contribution in [0.25, 0.3) is 0 Å². The molecule has 0 fully saturated rings. The molecule has 0 saturated heterocycles. The fourth-order valence-electron chi connectivity index (χ4n) is 7.23. The number of aliphatic hydroxyl groups excluding tert-OH is 2. The van der Waals surface area contributed by atoms with E-state index in [4.69, 9.17) is 42.7 Å². The van der Waals surface area contributed by atoms with Crippen LogP contribution in [0.3, 0.4) is 0 Å². The number of guanidine groups is 2. The largest absolute Gasteiger partial charge is 0.505 e. The Kier molecular flexibility index (Phi) is 32.9. The predicted molar refractivity (Wildman–Crippen MR) is 294 cm³/mol. The lowest BCUT2D eigenvalue weighted by atomic mass is 10.0. The molecule has 1 rings (SSSR count). The van der Waals surface area contributed by atoms with Gasteiger partial charge in [0, 0.05) is 38.8 Å². The minimum atomic E-state index is -3.89. The second-order valence-corrected chi connectivity index (χ2v) is 22.5. The molecule has 8 atom stereocenters. The van der Waals surface area contributed by atoms with Crippen LogP contribution in [0.2, 0.25) is 0 Å². The number of hydrogen-bond donors (Lipinski definition) is 15. The average Bonchev–Trinajstić information content (AvgIpc) is 3.71. The predicted octanol–water partition coefficient (Wildman–Crippen LogP) is -5.42. The Hall–Kier alpha value is -7.82. The van der Waals surface area contributed by atoms with Gasteiger partial charge in [-0.15, -0.1) is 0 Å². The number of carbonyl (C=O) groups is 12. The van der Waals surface area contributed by atoms with Crippen LogP contribution in [0, 0.1) is 0 Å². The van der Waals surface area contributed by atoms with E-state index < -0.39 is 191 Å². The summed E-state index contributed by atoms with van der Waals surface area (Å²) in [4.78, 5) is 162. The molecule has 83 heavy (non-hydrogen) atoms. The van der Waals surface area contributed by atoms with Crippen LogP contribution in [0.1, 0.15) is 83.5 Å². The number of esters is 2. The molecule has 20 N–H and O–H groups in total. The SMILES string of the molecule is CSCCC(NC(=O)C(CCC(=O)O)NC(=O)C(CCC(=O)O)NC(=O)CCC(=O)OCC(O)C1OC(=O)C(OP(=O)(N(C)C)N(C)C)=C1O)C(=O)NC(CCC(N)=O)C(=O)NC(CCCN=C(N)N)C(=O)NC(C=O)CCCN=C(N)N. The number of nitrogens with zero attached hydrogens (tertiary/aromatic N) is 4. The van der Waals surface area contributed by atoms with E-state index in [-0.39, 0.29) is 62.9 Å². The van der Waals surface area contributed by atoms with E-state index in [9.17, 15) is 82.5 Å². The van der Waals surface area contributed by atoms with E-state index in [0.29, 0.717) is 6.29 Å². The van der Waals surface area contributed by atoms with Crippen LogP contribution in [0.4, 0.5) is 0 Å². The molecule has 1 aliphatic rings. The summed E-state index contributed by atoms with van der Waals surface area (Å²) in [6, 6.07) is -9.14. The van der Waals surface area contributed by atoms with Gasteiger partial charge in [0.15, 0.2) is 23.8 Å². The first-order chi connectivity index (χ1) is 38.9. The molecule has 8 unspecified atom stereocenters. The number of carbonyl (C=O) groups excluding carboxylic acids is 10. The highest BCUT2D eigenvalue weighted by Crippen LogP contribution is 2.53. The quantitative estimate of drug-likeness (QED) is 0.00677. The molecule has 468 valence electrons. The first-order valence-corrected chi connectivity index (χ1v) is 28.5. The van der Waals surface area contributed by atoms with Crippen LogP contribution >= 0.6 is 19.4 Å². The van der Waals surface area contributed by atoms with Crippen LogP contribution in [0.5, 0.6) is 0 Å². The van der Waals surface area contributed by atoms with E-state index in [1.54, 1.807) is 6.26 Å². The summed E-state index contributed by atoms with van der Waals surface area (Å²) in [6.07, 6.45) is -6.50. The molecule has 0 aromatic carbocycles. The van der Waals surface area contributed by atoms with Crippen LogP contribution in [0.15, 0.2) is 21.5 Å². The maximum Gasteiger partial charge on any atom is 0.395 e. The number of primary amides is 1. The molecule has 7 amide bonds. The van der Waals surface area contributed by atoms with Gasteiger partial charge in [0.2, 0.25) is 41.4 Å². The van der Waals surface area contributed by atoms with Gasteiger partial charge in [-0.25, -0.2) is 18.7 Å². The maximum absolute atomic E-state index is 14.1.